The van der Waals surface area contributed by atoms with E-state index in [1.54, 1.807) is 0 Å². The first-order valence-corrected chi connectivity index (χ1v) is 8.66. The number of aromatic nitrogens is 2. The SMILES string of the molecule is CCN(Cc1ccccc1)c1cc(N2CCCCC2)nc(C)n1. The van der Waals surface area contributed by atoms with Crippen LogP contribution in [0.3, 0.4) is 0 Å². The van der Waals surface area contributed by atoms with Crippen molar-refractivity contribution >= 4 is 11.6 Å². The van der Waals surface area contributed by atoms with E-state index in [-0.39, 0.29) is 0 Å². The van der Waals surface area contributed by atoms with Gasteiger partial charge < -0.3 is 9.80 Å². The van der Waals surface area contributed by atoms with Gasteiger partial charge in [-0.3, -0.25) is 0 Å². The molecule has 23 heavy (non-hydrogen) atoms. The third-order valence-electron chi connectivity index (χ3n) is 4.41. The summed E-state index contributed by atoms with van der Waals surface area (Å²) in [5.41, 5.74) is 1.31. The maximum Gasteiger partial charge on any atom is 0.134 e. The Morgan fingerprint density at radius 2 is 1.78 bits per heavy atom. The molecular formula is C19H26N4. The first-order valence-electron chi connectivity index (χ1n) is 8.66. The molecule has 0 saturated carbocycles. The van der Waals surface area contributed by atoms with Crippen LogP contribution >= 0.6 is 0 Å². The van der Waals surface area contributed by atoms with Crippen LogP contribution in [0.4, 0.5) is 11.6 Å². The maximum absolute atomic E-state index is 4.68. The van der Waals surface area contributed by atoms with Crippen LogP contribution in [0, 0.1) is 6.92 Å². The number of rotatable bonds is 5. The Balaban J connectivity index is 1.83. The molecule has 0 radical (unpaired) electrons. The third kappa shape index (κ3) is 4.01. The minimum Gasteiger partial charge on any atom is -0.356 e. The van der Waals surface area contributed by atoms with Gasteiger partial charge in [-0.25, -0.2) is 9.97 Å². The summed E-state index contributed by atoms with van der Waals surface area (Å²) in [5, 5.41) is 0. The molecule has 0 atom stereocenters. The molecule has 4 nitrogen and oxygen atoms in total. The molecule has 0 bridgehead atoms. The first-order chi connectivity index (χ1) is 11.3. The second-order valence-corrected chi connectivity index (χ2v) is 6.18. The van der Waals surface area contributed by atoms with Crippen molar-refractivity contribution < 1.29 is 0 Å². The van der Waals surface area contributed by atoms with Crippen LogP contribution in [0.1, 0.15) is 37.6 Å². The Labute approximate surface area is 139 Å². The van der Waals surface area contributed by atoms with Crippen LogP contribution in [-0.2, 0) is 6.54 Å². The van der Waals surface area contributed by atoms with E-state index in [1.807, 2.05) is 6.92 Å². The number of hydrogen-bond acceptors (Lipinski definition) is 4. The Hall–Kier alpha value is -2.10. The molecule has 1 aromatic carbocycles. The van der Waals surface area contributed by atoms with Crippen molar-refractivity contribution in [3.8, 4) is 0 Å². The zero-order valence-corrected chi connectivity index (χ0v) is 14.2. The number of anilines is 2. The van der Waals surface area contributed by atoms with E-state index in [9.17, 15) is 0 Å². The number of hydrogen-bond donors (Lipinski definition) is 0. The lowest BCUT2D eigenvalue weighted by Crippen LogP contribution is -2.31. The summed E-state index contributed by atoms with van der Waals surface area (Å²) in [5.74, 6) is 2.97. The first kappa shape index (κ1) is 15.8. The number of nitrogens with zero attached hydrogens (tertiary/aromatic N) is 4. The largest absolute Gasteiger partial charge is 0.356 e. The van der Waals surface area contributed by atoms with E-state index in [0.717, 1.165) is 43.6 Å². The van der Waals surface area contributed by atoms with Crippen molar-refractivity contribution in [1.29, 1.82) is 0 Å². The van der Waals surface area contributed by atoms with Gasteiger partial charge in [0.2, 0.25) is 0 Å². The summed E-state index contributed by atoms with van der Waals surface area (Å²) in [7, 11) is 0. The minimum atomic E-state index is 0.856. The summed E-state index contributed by atoms with van der Waals surface area (Å²) in [6, 6.07) is 12.7. The fourth-order valence-corrected chi connectivity index (χ4v) is 3.14. The molecule has 0 spiro atoms. The van der Waals surface area contributed by atoms with E-state index >= 15 is 0 Å². The van der Waals surface area contributed by atoms with Crippen LogP contribution in [0.5, 0.6) is 0 Å². The van der Waals surface area contributed by atoms with Gasteiger partial charge >= 0.3 is 0 Å². The highest BCUT2D eigenvalue weighted by molar-refractivity contribution is 5.51. The highest BCUT2D eigenvalue weighted by atomic mass is 15.2. The molecule has 0 aliphatic carbocycles. The quantitative estimate of drug-likeness (QED) is 0.841. The standard InChI is InChI=1S/C19H26N4/c1-3-22(15-17-10-6-4-7-11-17)18-14-19(21-16(2)20-18)23-12-8-5-9-13-23/h4,6-7,10-11,14H,3,5,8-9,12-13,15H2,1-2H3. The van der Waals surface area contributed by atoms with E-state index in [4.69, 9.17) is 0 Å². The highest BCUT2D eigenvalue weighted by Gasteiger charge is 2.16. The molecule has 1 saturated heterocycles. The van der Waals surface area contributed by atoms with Gasteiger partial charge in [0.1, 0.15) is 17.5 Å². The molecule has 1 aliphatic heterocycles. The van der Waals surface area contributed by atoms with Crippen LogP contribution < -0.4 is 9.80 Å². The summed E-state index contributed by atoms with van der Waals surface area (Å²) in [6.07, 6.45) is 3.86. The van der Waals surface area contributed by atoms with Crippen LogP contribution in [0.2, 0.25) is 0 Å². The monoisotopic (exact) mass is 310 g/mol. The summed E-state index contributed by atoms with van der Waals surface area (Å²) >= 11 is 0. The second kappa shape index (κ2) is 7.44. The molecular weight excluding hydrogens is 284 g/mol. The van der Waals surface area contributed by atoms with Gasteiger partial charge in [-0.15, -0.1) is 0 Å². The maximum atomic E-state index is 4.68. The summed E-state index contributed by atoms with van der Waals surface area (Å²) in [4.78, 5) is 14.1. The molecule has 1 fully saturated rings. The Morgan fingerprint density at radius 3 is 2.48 bits per heavy atom. The fourth-order valence-electron chi connectivity index (χ4n) is 3.14. The van der Waals surface area contributed by atoms with Gasteiger partial charge in [-0.05, 0) is 38.7 Å². The topological polar surface area (TPSA) is 32.3 Å². The van der Waals surface area contributed by atoms with Gasteiger partial charge in [0, 0.05) is 32.2 Å². The zero-order valence-electron chi connectivity index (χ0n) is 14.2. The molecule has 122 valence electrons. The molecule has 2 heterocycles. The van der Waals surface area contributed by atoms with E-state index in [0.29, 0.717) is 0 Å². The van der Waals surface area contributed by atoms with Crippen LogP contribution in [0.15, 0.2) is 36.4 Å². The number of benzene rings is 1. The summed E-state index contributed by atoms with van der Waals surface area (Å²) in [6.45, 7) is 8.22. The van der Waals surface area contributed by atoms with Crippen molar-refractivity contribution in [2.75, 3.05) is 29.4 Å². The average molecular weight is 310 g/mol. The van der Waals surface area contributed by atoms with Crippen molar-refractivity contribution in [1.82, 2.24) is 9.97 Å². The lowest BCUT2D eigenvalue weighted by molar-refractivity contribution is 0.572. The molecule has 4 heteroatoms. The lowest BCUT2D eigenvalue weighted by Gasteiger charge is -2.29. The van der Waals surface area contributed by atoms with Gasteiger partial charge in [-0.2, -0.15) is 0 Å². The lowest BCUT2D eigenvalue weighted by atomic mass is 10.1. The predicted molar refractivity (Wildman–Crippen MR) is 96.0 cm³/mol. The van der Waals surface area contributed by atoms with Gasteiger partial charge in [-0.1, -0.05) is 30.3 Å². The molecule has 0 amide bonds. The van der Waals surface area contributed by atoms with E-state index in [2.05, 4.69) is 63.1 Å². The third-order valence-corrected chi connectivity index (χ3v) is 4.41. The molecule has 2 aromatic rings. The molecule has 3 rings (SSSR count). The average Bonchev–Trinajstić information content (AvgIpc) is 2.61. The van der Waals surface area contributed by atoms with Gasteiger partial charge in [0.05, 0.1) is 0 Å². The van der Waals surface area contributed by atoms with Crippen LogP contribution in [-0.4, -0.2) is 29.6 Å². The Kier molecular flexibility index (Phi) is 5.11. The van der Waals surface area contributed by atoms with Gasteiger partial charge in [0.25, 0.3) is 0 Å². The van der Waals surface area contributed by atoms with Crippen molar-refractivity contribution in [2.45, 2.75) is 39.7 Å². The van der Waals surface area contributed by atoms with Crippen LogP contribution in [0.25, 0.3) is 0 Å². The minimum absolute atomic E-state index is 0.856. The number of piperidine rings is 1. The Bertz CT molecular complexity index is 621. The summed E-state index contributed by atoms with van der Waals surface area (Å²) < 4.78 is 0. The van der Waals surface area contributed by atoms with Gasteiger partial charge in [0.15, 0.2) is 0 Å². The van der Waals surface area contributed by atoms with E-state index < -0.39 is 0 Å². The molecule has 0 unspecified atom stereocenters. The predicted octanol–water partition coefficient (Wildman–Crippen LogP) is 3.80. The van der Waals surface area contributed by atoms with E-state index in [1.165, 1.54) is 24.8 Å². The molecule has 1 aliphatic rings. The number of aryl methyl sites for hydroxylation is 1. The zero-order chi connectivity index (χ0) is 16.1. The molecule has 1 aromatic heterocycles. The molecule has 0 N–H and O–H groups in total. The van der Waals surface area contributed by atoms with Crippen molar-refractivity contribution in [3.63, 3.8) is 0 Å². The van der Waals surface area contributed by atoms with Crippen molar-refractivity contribution in [3.05, 3.63) is 47.8 Å². The fraction of sp³-hybridized carbons (Fsp3) is 0.474. The Morgan fingerprint density at radius 1 is 1.04 bits per heavy atom. The van der Waals surface area contributed by atoms with Crippen molar-refractivity contribution in [2.24, 2.45) is 0 Å². The highest BCUT2D eigenvalue weighted by Crippen LogP contribution is 2.23. The normalized spacial score (nSPS) is 14.8. The second-order valence-electron chi connectivity index (χ2n) is 6.18. The smallest absolute Gasteiger partial charge is 0.134 e.